The molecule has 18 heavy (non-hydrogen) atoms. The molecule has 0 bridgehead atoms. The molecule has 0 aliphatic rings. The molecule has 0 aliphatic heterocycles. The Balaban J connectivity index is 2.70. The van der Waals surface area contributed by atoms with Crippen molar-refractivity contribution in [1.29, 1.82) is 0 Å². The molecule has 3 aromatic carbocycles. The molecule has 0 atom stereocenters. The summed E-state index contributed by atoms with van der Waals surface area (Å²) in [5.74, 6) is 0. The third-order valence-corrected chi connectivity index (χ3v) is 3.42. The number of hydrogen-bond acceptors (Lipinski definition) is 0. The molecule has 0 aliphatic carbocycles. The third kappa shape index (κ3) is 1.39. The molecule has 0 amide bonds. The van der Waals surface area contributed by atoms with Crippen LogP contribution in [-0.4, -0.2) is 0 Å². The Morgan fingerprint density at radius 1 is 0.556 bits per heavy atom. The highest BCUT2D eigenvalue weighted by Crippen LogP contribution is 2.33. The summed E-state index contributed by atoms with van der Waals surface area (Å²) in [5, 5.41) is 4.95. The van der Waals surface area contributed by atoms with Gasteiger partial charge in [0.1, 0.15) is 0 Å². The lowest BCUT2D eigenvalue weighted by molar-refractivity contribution is 1.72. The van der Waals surface area contributed by atoms with Gasteiger partial charge in [-0.15, -0.1) is 0 Å². The fourth-order valence-electron chi connectivity index (χ4n) is 2.64. The first-order valence-electron chi connectivity index (χ1n) is 6.05. The molecule has 0 radical (unpaired) electrons. The van der Waals surface area contributed by atoms with Crippen molar-refractivity contribution in [2.24, 2.45) is 0 Å². The van der Waals surface area contributed by atoms with E-state index in [4.69, 9.17) is 0 Å². The van der Waals surface area contributed by atoms with E-state index in [1.165, 1.54) is 32.7 Å². The van der Waals surface area contributed by atoms with Crippen molar-refractivity contribution < 1.29 is 0 Å². The minimum atomic E-state index is 1.20. The van der Waals surface area contributed by atoms with Crippen molar-refractivity contribution in [3.63, 3.8) is 0 Å². The molecule has 0 nitrogen and oxygen atoms in total. The van der Waals surface area contributed by atoms with Gasteiger partial charge in [-0.05, 0) is 32.7 Å². The van der Waals surface area contributed by atoms with E-state index in [-0.39, 0.29) is 0 Å². The Morgan fingerprint density at radius 3 is 1.06 bits per heavy atom. The van der Waals surface area contributed by atoms with Gasteiger partial charge in [-0.25, -0.2) is 0 Å². The highest BCUT2D eigenvalue weighted by Gasteiger charge is 2.08. The molecule has 0 fully saturated rings. The zero-order valence-corrected chi connectivity index (χ0v) is 10.2. The maximum Gasteiger partial charge on any atom is -0.00992 e. The maximum absolute atomic E-state index is 3.96. The van der Waals surface area contributed by atoms with Gasteiger partial charge in [-0.2, -0.15) is 0 Å². The van der Waals surface area contributed by atoms with Crippen LogP contribution >= 0.6 is 0 Å². The van der Waals surface area contributed by atoms with Crippen molar-refractivity contribution in [2.45, 2.75) is 0 Å². The van der Waals surface area contributed by atoms with Crippen LogP contribution < -0.4 is 0 Å². The second kappa shape index (κ2) is 4.15. The molecule has 0 unspecified atom stereocenters. The number of rotatable bonds is 2. The topological polar surface area (TPSA) is 0 Å². The normalized spacial score (nSPS) is 10.7. The van der Waals surface area contributed by atoms with Crippen LogP contribution in [0, 0.1) is 0 Å². The van der Waals surface area contributed by atoms with Gasteiger partial charge in [0, 0.05) is 0 Å². The Hall–Kier alpha value is -2.34. The van der Waals surface area contributed by atoms with E-state index < -0.39 is 0 Å². The van der Waals surface area contributed by atoms with E-state index in [1.807, 2.05) is 12.2 Å². The smallest absolute Gasteiger partial charge is 0.00992 e. The van der Waals surface area contributed by atoms with Gasteiger partial charge in [0.05, 0.1) is 0 Å². The SMILES string of the molecule is C=Cc1c2ccccc2c(C=C)c2ccccc12. The average molecular weight is 230 g/mol. The van der Waals surface area contributed by atoms with E-state index in [1.54, 1.807) is 0 Å². The van der Waals surface area contributed by atoms with Gasteiger partial charge < -0.3 is 0 Å². The van der Waals surface area contributed by atoms with Gasteiger partial charge in [0.2, 0.25) is 0 Å². The van der Waals surface area contributed by atoms with E-state index in [0.717, 1.165) is 0 Å². The Morgan fingerprint density at radius 2 is 0.833 bits per heavy atom. The van der Waals surface area contributed by atoms with Crippen LogP contribution in [0.3, 0.4) is 0 Å². The van der Waals surface area contributed by atoms with Gasteiger partial charge in [0.25, 0.3) is 0 Å². The van der Waals surface area contributed by atoms with Gasteiger partial charge in [0.15, 0.2) is 0 Å². The van der Waals surface area contributed by atoms with Crippen LogP contribution in [0.15, 0.2) is 61.7 Å². The highest BCUT2D eigenvalue weighted by atomic mass is 14.1. The molecule has 3 rings (SSSR count). The molecule has 0 saturated heterocycles. The molecule has 0 saturated carbocycles. The summed E-state index contributed by atoms with van der Waals surface area (Å²) < 4.78 is 0. The number of hydrogen-bond donors (Lipinski definition) is 0. The maximum atomic E-state index is 3.96. The standard InChI is InChI=1S/C18H14/c1-3-13-15-9-5-7-11-17(15)14(4-2)18-12-8-6-10-16(13)18/h3-12H,1-2H2. The predicted octanol–water partition coefficient (Wildman–Crippen LogP) is 5.28. The van der Waals surface area contributed by atoms with Crippen LogP contribution in [-0.2, 0) is 0 Å². The quantitative estimate of drug-likeness (QED) is 0.525. The highest BCUT2D eigenvalue weighted by molar-refractivity contribution is 6.12. The Kier molecular flexibility index (Phi) is 2.49. The summed E-state index contributed by atoms with van der Waals surface area (Å²) in [6.45, 7) is 7.92. The van der Waals surface area contributed by atoms with Crippen LogP contribution in [0.1, 0.15) is 11.1 Å². The monoisotopic (exact) mass is 230 g/mol. The Labute approximate surface area is 107 Å². The second-order valence-electron chi connectivity index (χ2n) is 4.33. The molecule has 0 N–H and O–H groups in total. The molecular formula is C18H14. The van der Waals surface area contributed by atoms with E-state index >= 15 is 0 Å². The second-order valence-corrected chi connectivity index (χ2v) is 4.33. The number of fused-ring (bicyclic) bond motifs is 2. The summed E-state index contributed by atoms with van der Waals surface area (Å²) in [5.41, 5.74) is 2.40. The zero-order valence-electron chi connectivity index (χ0n) is 10.2. The minimum absolute atomic E-state index is 1.20. The van der Waals surface area contributed by atoms with E-state index in [0.29, 0.717) is 0 Å². The van der Waals surface area contributed by atoms with Crippen molar-refractivity contribution in [3.05, 3.63) is 72.8 Å². The predicted molar refractivity (Wildman–Crippen MR) is 81.6 cm³/mol. The molecular weight excluding hydrogens is 216 g/mol. The fraction of sp³-hybridized carbons (Fsp3) is 0. The first-order valence-corrected chi connectivity index (χ1v) is 6.05. The minimum Gasteiger partial charge on any atom is -0.0984 e. The summed E-state index contributed by atoms with van der Waals surface area (Å²) in [7, 11) is 0. The summed E-state index contributed by atoms with van der Waals surface area (Å²) in [6.07, 6.45) is 3.88. The van der Waals surface area contributed by atoms with Crippen molar-refractivity contribution in [2.75, 3.05) is 0 Å². The van der Waals surface area contributed by atoms with Crippen molar-refractivity contribution in [1.82, 2.24) is 0 Å². The summed E-state index contributed by atoms with van der Waals surface area (Å²) >= 11 is 0. The lowest BCUT2D eigenvalue weighted by Gasteiger charge is -2.12. The van der Waals surface area contributed by atoms with E-state index in [9.17, 15) is 0 Å². The van der Waals surface area contributed by atoms with Gasteiger partial charge >= 0.3 is 0 Å². The largest absolute Gasteiger partial charge is 0.0984 e. The molecule has 0 spiro atoms. The fourth-order valence-corrected chi connectivity index (χ4v) is 2.64. The van der Waals surface area contributed by atoms with Crippen LogP contribution in [0.4, 0.5) is 0 Å². The first-order chi connectivity index (χ1) is 8.86. The molecule has 3 aromatic rings. The van der Waals surface area contributed by atoms with Gasteiger partial charge in [-0.3, -0.25) is 0 Å². The molecule has 0 aromatic heterocycles. The first kappa shape index (κ1) is 10.8. The average Bonchev–Trinajstić information content (AvgIpc) is 2.44. The number of benzene rings is 3. The summed E-state index contributed by atoms with van der Waals surface area (Å²) in [4.78, 5) is 0. The lowest BCUT2D eigenvalue weighted by atomic mass is 9.92. The molecule has 86 valence electrons. The van der Waals surface area contributed by atoms with Gasteiger partial charge in [-0.1, -0.05) is 73.8 Å². The third-order valence-electron chi connectivity index (χ3n) is 3.42. The zero-order chi connectivity index (χ0) is 12.5. The van der Waals surface area contributed by atoms with Crippen molar-refractivity contribution >= 4 is 33.7 Å². The van der Waals surface area contributed by atoms with Crippen LogP contribution in [0.5, 0.6) is 0 Å². The van der Waals surface area contributed by atoms with E-state index in [2.05, 4.69) is 61.7 Å². The Bertz CT molecular complexity index is 640. The van der Waals surface area contributed by atoms with Crippen LogP contribution in [0.25, 0.3) is 33.7 Å². The molecule has 0 heteroatoms. The summed E-state index contributed by atoms with van der Waals surface area (Å²) in [6, 6.07) is 16.8. The van der Waals surface area contributed by atoms with Crippen molar-refractivity contribution in [3.8, 4) is 0 Å². The molecule has 0 heterocycles. The lowest BCUT2D eigenvalue weighted by Crippen LogP contribution is -1.87. The van der Waals surface area contributed by atoms with Crippen LogP contribution in [0.2, 0.25) is 0 Å².